The largest absolute Gasteiger partial charge is 0.478 e. The van der Waals surface area contributed by atoms with Gasteiger partial charge in [0.1, 0.15) is 0 Å². The molecule has 3 nitrogen and oxygen atoms in total. The van der Waals surface area contributed by atoms with Crippen molar-refractivity contribution in [3.63, 3.8) is 0 Å². The zero-order chi connectivity index (χ0) is 10.8. The van der Waals surface area contributed by atoms with Crippen molar-refractivity contribution in [1.82, 2.24) is 0 Å². The minimum absolute atomic E-state index is 0.350. The standard InChI is InChI=1S/C12H13NO2/c1-9-4-5-10(12(14)15)8-11(9)13-6-2-3-7-13/h2-5,8H,6-7H2,1H3,(H,14,15). The molecule has 2 rings (SSSR count). The van der Waals surface area contributed by atoms with Crippen molar-refractivity contribution in [2.24, 2.45) is 0 Å². The van der Waals surface area contributed by atoms with E-state index in [2.05, 4.69) is 17.1 Å². The van der Waals surface area contributed by atoms with Crippen molar-refractivity contribution >= 4 is 11.7 Å². The summed E-state index contributed by atoms with van der Waals surface area (Å²) in [5.74, 6) is -0.872. The topological polar surface area (TPSA) is 40.5 Å². The Kier molecular flexibility index (Phi) is 2.46. The van der Waals surface area contributed by atoms with Crippen molar-refractivity contribution < 1.29 is 9.90 Å². The number of aryl methyl sites for hydroxylation is 1. The molecule has 0 unspecified atom stereocenters. The molecule has 0 saturated carbocycles. The maximum Gasteiger partial charge on any atom is 0.335 e. The Balaban J connectivity index is 2.36. The van der Waals surface area contributed by atoms with E-state index in [1.165, 1.54) is 0 Å². The summed E-state index contributed by atoms with van der Waals surface area (Å²) in [5, 5.41) is 8.91. The van der Waals surface area contributed by atoms with Crippen LogP contribution < -0.4 is 4.90 Å². The number of carboxylic acid groups (broad SMARTS) is 1. The lowest BCUT2D eigenvalue weighted by Crippen LogP contribution is -2.20. The van der Waals surface area contributed by atoms with E-state index >= 15 is 0 Å². The molecule has 1 N–H and O–H groups in total. The molecule has 0 bridgehead atoms. The number of hydrogen-bond acceptors (Lipinski definition) is 2. The third kappa shape index (κ3) is 1.86. The first kappa shape index (κ1) is 9.77. The summed E-state index contributed by atoms with van der Waals surface area (Å²) in [6.07, 6.45) is 4.18. The zero-order valence-electron chi connectivity index (χ0n) is 8.60. The van der Waals surface area contributed by atoms with Crippen molar-refractivity contribution in [3.05, 3.63) is 41.5 Å². The molecule has 78 valence electrons. The quantitative estimate of drug-likeness (QED) is 0.748. The van der Waals surface area contributed by atoms with Gasteiger partial charge in [0.2, 0.25) is 0 Å². The van der Waals surface area contributed by atoms with Crippen LogP contribution in [0.1, 0.15) is 15.9 Å². The van der Waals surface area contributed by atoms with Gasteiger partial charge in [-0.05, 0) is 24.6 Å². The average molecular weight is 203 g/mol. The van der Waals surface area contributed by atoms with E-state index in [0.29, 0.717) is 5.56 Å². The normalized spacial score (nSPS) is 14.6. The Morgan fingerprint density at radius 3 is 2.60 bits per heavy atom. The fraction of sp³-hybridized carbons (Fsp3) is 0.250. The van der Waals surface area contributed by atoms with Crippen LogP contribution >= 0.6 is 0 Å². The van der Waals surface area contributed by atoms with E-state index < -0.39 is 5.97 Å². The highest BCUT2D eigenvalue weighted by Crippen LogP contribution is 2.23. The van der Waals surface area contributed by atoms with Gasteiger partial charge in [0.25, 0.3) is 0 Å². The number of hydrogen-bond donors (Lipinski definition) is 1. The van der Waals surface area contributed by atoms with Crippen LogP contribution in [0.4, 0.5) is 5.69 Å². The van der Waals surface area contributed by atoms with Crippen LogP contribution in [0.15, 0.2) is 30.4 Å². The number of carbonyl (C=O) groups is 1. The molecule has 0 radical (unpaired) electrons. The fourth-order valence-electron chi connectivity index (χ4n) is 1.76. The molecule has 0 spiro atoms. The van der Waals surface area contributed by atoms with Crippen molar-refractivity contribution in [2.75, 3.05) is 18.0 Å². The lowest BCUT2D eigenvalue weighted by Gasteiger charge is -2.20. The molecule has 0 atom stereocenters. The molecule has 0 aliphatic carbocycles. The summed E-state index contributed by atoms with van der Waals surface area (Å²) in [6.45, 7) is 3.73. The predicted octanol–water partition coefficient (Wildman–Crippen LogP) is 2.07. The predicted molar refractivity (Wildman–Crippen MR) is 59.5 cm³/mol. The summed E-state index contributed by atoms with van der Waals surface area (Å²) in [7, 11) is 0. The van der Waals surface area contributed by atoms with Gasteiger partial charge in [-0.1, -0.05) is 18.2 Å². The van der Waals surface area contributed by atoms with E-state index in [9.17, 15) is 4.79 Å². The second-order valence-electron chi connectivity index (χ2n) is 3.68. The highest BCUT2D eigenvalue weighted by molar-refractivity contribution is 5.89. The van der Waals surface area contributed by atoms with Crippen LogP contribution in [0, 0.1) is 6.92 Å². The van der Waals surface area contributed by atoms with Gasteiger partial charge in [-0.25, -0.2) is 4.79 Å². The molecule has 3 heteroatoms. The van der Waals surface area contributed by atoms with Crippen molar-refractivity contribution in [3.8, 4) is 0 Å². The summed E-state index contributed by atoms with van der Waals surface area (Å²) >= 11 is 0. The first-order valence-electron chi connectivity index (χ1n) is 4.92. The monoisotopic (exact) mass is 203 g/mol. The highest BCUT2D eigenvalue weighted by atomic mass is 16.4. The second-order valence-corrected chi connectivity index (χ2v) is 3.68. The minimum Gasteiger partial charge on any atom is -0.478 e. The summed E-state index contributed by atoms with van der Waals surface area (Å²) in [4.78, 5) is 13.0. The smallest absolute Gasteiger partial charge is 0.335 e. The van der Waals surface area contributed by atoms with Gasteiger partial charge in [-0.2, -0.15) is 0 Å². The Bertz CT molecular complexity index is 416. The Morgan fingerprint density at radius 2 is 2.00 bits per heavy atom. The van der Waals surface area contributed by atoms with Crippen LogP contribution in [0.5, 0.6) is 0 Å². The molecule has 0 fully saturated rings. The lowest BCUT2D eigenvalue weighted by atomic mass is 10.1. The Morgan fingerprint density at radius 1 is 1.33 bits per heavy atom. The molecule has 1 heterocycles. The van der Waals surface area contributed by atoms with Gasteiger partial charge in [0.15, 0.2) is 0 Å². The number of benzene rings is 1. The van der Waals surface area contributed by atoms with Crippen molar-refractivity contribution in [2.45, 2.75) is 6.92 Å². The first-order valence-corrected chi connectivity index (χ1v) is 4.92. The van der Waals surface area contributed by atoms with Gasteiger partial charge < -0.3 is 10.0 Å². The van der Waals surface area contributed by atoms with Crippen molar-refractivity contribution in [1.29, 1.82) is 0 Å². The van der Waals surface area contributed by atoms with E-state index in [1.807, 2.05) is 13.0 Å². The van der Waals surface area contributed by atoms with Gasteiger partial charge in [-0.15, -0.1) is 0 Å². The SMILES string of the molecule is Cc1ccc(C(=O)O)cc1N1CC=CC1. The summed E-state index contributed by atoms with van der Waals surface area (Å²) in [6, 6.07) is 5.24. The molecule has 1 aromatic carbocycles. The van der Waals surface area contributed by atoms with Crippen LogP contribution in [0.3, 0.4) is 0 Å². The van der Waals surface area contributed by atoms with E-state index in [1.54, 1.807) is 12.1 Å². The highest BCUT2D eigenvalue weighted by Gasteiger charge is 2.12. The van der Waals surface area contributed by atoms with E-state index in [4.69, 9.17) is 5.11 Å². The third-order valence-corrected chi connectivity index (χ3v) is 2.62. The minimum atomic E-state index is -0.872. The second kappa shape index (κ2) is 3.77. The maximum absolute atomic E-state index is 10.8. The molecule has 0 saturated heterocycles. The lowest BCUT2D eigenvalue weighted by molar-refractivity contribution is 0.0697. The van der Waals surface area contributed by atoms with E-state index in [0.717, 1.165) is 24.3 Å². The summed E-state index contributed by atoms with van der Waals surface area (Å²) < 4.78 is 0. The molecule has 1 aliphatic rings. The zero-order valence-corrected chi connectivity index (χ0v) is 8.60. The maximum atomic E-state index is 10.8. The van der Waals surface area contributed by atoms with Crippen LogP contribution in [0.2, 0.25) is 0 Å². The Labute approximate surface area is 88.6 Å². The van der Waals surface area contributed by atoms with E-state index in [-0.39, 0.29) is 0 Å². The van der Waals surface area contributed by atoms with Crippen LogP contribution in [-0.4, -0.2) is 24.2 Å². The Hall–Kier alpha value is -1.77. The molecule has 0 amide bonds. The number of nitrogens with zero attached hydrogens (tertiary/aromatic N) is 1. The number of anilines is 1. The average Bonchev–Trinajstić information content (AvgIpc) is 2.71. The van der Waals surface area contributed by atoms with Crippen LogP contribution in [0.25, 0.3) is 0 Å². The van der Waals surface area contributed by atoms with Gasteiger partial charge in [0, 0.05) is 18.8 Å². The fourth-order valence-corrected chi connectivity index (χ4v) is 1.76. The number of aromatic carboxylic acids is 1. The number of carboxylic acids is 1. The van der Waals surface area contributed by atoms with Crippen LogP contribution in [-0.2, 0) is 0 Å². The first-order chi connectivity index (χ1) is 7.18. The molecule has 15 heavy (non-hydrogen) atoms. The molecular weight excluding hydrogens is 190 g/mol. The van der Waals surface area contributed by atoms with Gasteiger partial charge in [0.05, 0.1) is 5.56 Å². The van der Waals surface area contributed by atoms with Gasteiger partial charge in [-0.3, -0.25) is 0 Å². The molecular formula is C12H13NO2. The molecule has 0 aromatic heterocycles. The molecule has 1 aromatic rings. The third-order valence-electron chi connectivity index (χ3n) is 2.62. The number of rotatable bonds is 2. The summed E-state index contributed by atoms with van der Waals surface area (Å²) in [5.41, 5.74) is 2.48. The van der Waals surface area contributed by atoms with Gasteiger partial charge >= 0.3 is 5.97 Å². The molecule has 1 aliphatic heterocycles.